The lowest BCUT2D eigenvalue weighted by Crippen LogP contribution is -2.38. The highest BCUT2D eigenvalue weighted by Gasteiger charge is 2.53. The number of nitrogens with one attached hydrogen (secondary N) is 1. The van der Waals surface area contributed by atoms with Gasteiger partial charge in [-0.1, -0.05) is 215 Å². The van der Waals surface area contributed by atoms with Gasteiger partial charge in [0.1, 0.15) is 5.82 Å². The van der Waals surface area contributed by atoms with Gasteiger partial charge in [0.05, 0.1) is 43.8 Å². The topological polar surface area (TPSA) is 85.0 Å². The van der Waals surface area contributed by atoms with E-state index in [2.05, 4.69) is 227 Å². The number of imidazole rings is 2. The Bertz CT molecular complexity index is 5440. The first-order chi connectivity index (χ1) is 42.4. The number of benzene rings is 11. The molecule has 18 rings (SSSR count). The maximum absolute atomic E-state index is 15.2. The van der Waals surface area contributed by atoms with Crippen LogP contribution < -0.4 is 5.56 Å². The Kier molecular flexibility index (Phi) is 10.2. The van der Waals surface area contributed by atoms with E-state index in [9.17, 15) is 4.79 Å². The molecule has 7 heteroatoms. The molecule has 1 aliphatic heterocycles. The molecule has 11 aromatic carbocycles. The first-order valence-electron chi connectivity index (χ1n) is 30.3. The summed E-state index contributed by atoms with van der Waals surface area (Å²) < 4.78 is 3.72. The van der Waals surface area contributed by atoms with Crippen LogP contribution in [0.25, 0.3) is 83.3 Å². The Labute approximate surface area is 503 Å². The third-order valence-electron chi connectivity index (χ3n) is 20.1. The molecular weight excluding hydrogens is 1060 g/mol. The molecule has 0 saturated carbocycles. The Hall–Kier alpha value is -10.5. The molecule has 4 aliphatic rings. The van der Waals surface area contributed by atoms with Gasteiger partial charge in [0.15, 0.2) is 0 Å². The van der Waals surface area contributed by atoms with E-state index < -0.39 is 10.8 Å². The van der Waals surface area contributed by atoms with Gasteiger partial charge in [-0.15, -0.1) is 0 Å². The Morgan fingerprint density at radius 2 is 1.07 bits per heavy atom. The summed E-state index contributed by atoms with van der Waals surface area (Å²) in [6, 6.07) is 83.2. The van der Waals surface area contributed by atoms with Crippen molar-refractivity contribution in [3.63, 3.8) is 0 Å². The minimum absolute atomic E-state index is 0.0557. The number of nitrogens with zero attached hydrogens (tertiary/aromatic N) is 4. The quantitative estimate of drug-likeness (QED) is 0.191. The van der Waals surface area contributed by atoms with Crippen molar-refractivity contribution in [3.05, 3.63) is 325 Å². The Morgan fingerprint density at radius 3 is 1.82 bits per heavy atom. The zero-order chi connectivity index (χ0) is 58.2. The summed E-state index contributed by atoms with van der Waals surface area (Å²) in [7, 11) is 0. The molecule has 3 aromatic heterocycles. The van der Waals surface area contributed by atoms with E-state index in [4.69, 9.17) is 9.97 Å². The Morgan fingerprint density at radius 1 is 0.483 bits per heavy atom. The molecule has 4 heterocycles. The number of fused-ring (bicyclic) bond motifs is 25. The van der Waals surface area contributed by atoms with E-state index in [0.29, 0.717) is 29.6 Å². The van der Waals surface area contributed by atoms with Gasteiger partial charge in [0.2, 0.25) is 5.78 Å². The summed E-state index contributed by atoms with van der Waals surface area (Å²) >= 11 is 0. The monoisotopic (exact) mass is 1120 g/mol. The summed E-state index contributed by atoms with van der Waals surface area (Å²) in [4.78, 5) is 44.0. The summed E-state index contributed by atoms with van der Waals surface area (Å²) in [6.07, 6.45) is 2.04. The van der Waals surface area contributed by atoms with Crippen LogP contribution in [-0.4, -0.2) is 29.8 Å². The van der Waals surface area contributed by atoms with Crippen molar-refractivity contribution in [3.8, 4) is 44.5 Å². The number of carbonyl (C=O) groups excluding carboxylic acids is 1. The predicted molar refractivity (Wildman–Crippen MR) is 349 cm³/mol. The first-order valence-corrected chi connectivity index (χ1v) is 30.3. The third kappa shape index (κ3) is 6.82. The number of aromatic nitrogens is 5. The van der Waals surface area contributed by atoms with Crippen LogP contribution in [0, 0.1) is 0 Å². The van der Waals surface area contributed by atoms with Gasteiger partial charge in [-0.3, -0.25) is 14.2 Å². The van der Waals surface area contributed by atoms with E-state index >= 15 is 4.79 Å². The maximum atomic E-state index is 15.2. The second-order valence-electron chi connectivity index (χ2n) is 25.7. The lowest BCUT2D eigenvalue weighted by atomic mass is 9.69. The van der Waals surface area contributed by atoms with Crippen LogP contribution in [0.5, 0.6) is 0 Å². The van der Waals surface area contributed by atoms with Crippen LogP contribution in [0.2, 0.25) is 0 Å². The molecule has 0 bridgehead atoms. The average molecular weight is 1120 g/mol. The summed E-state index contributed by atoms with van der Waals surface area (Å²) in [5, 5.41) is 0.627. The van der Waals surface area contributed by atoms with Crippen molar-refractivity contribution < 1.29 is 4.79 Å². The van der Waals surface area contributed by atoms with E-state index in [1.54, 1.807) is 4.40 Å². The van der Waals surface area contributed by atoms with E-state index in [-0.39, 0.29) is 16.9 Å². The zero-order valence-corrected chi connectivity index (χ0v) is 48.7. The van der Waals surface area contributed by atoms with Gasteiger partial charge in [-0.2, -0.15) is 0 Å². The molecule has 1 N–H and O–H groups in total. The molecular formula is C80H57N5O2. The zero-order valence-electron chi connectivity index (χ0n) is 48.7. The molecule has 0 radical (unpaired) electrons. The van der Waals surface area contributed by atoms with Crippen molar-refractivity contribution in [2.75, 3.05) is 0 Å². The average Bonchev–Trinajstić information content (AvgIpc) is 1.52. The lowest BCUT2D eigenvalue weighted by molar-refractivity contribution is 0.0949. The van der Waals surface area contributed by atoms with Gasteiger partial charge in [-0.05, 0) is 178 Å². The van der Waals surface area contributed by atoms with Gasteiger partial charge >= 0.3 is 0 Å². The fourth-order valence-electron chi connectivity index (χ4n) is 15.9. The molecule has 0 fully saturated rings. The molecule has 87 heavy (non-hydrogen) atoms. The number of hydrogen-bond donors (Lipinski definition) is 1. The number of hydrogen-bond acceptors (Lipinski definition) is 4. The van der Waals surface area contributed by atoms with Crippen LogP contribution >= 0.6 is 0 Å². The van der Waals surface area contributed by atoms with E-state index in [1.807, 2.05) is 41.0 Å². The predicted octanol–water partition coefficient (Wildman–Crippen LogP) is 17.1. The van der Waals surface area contributed by atoms with Crippen molar-refractivity contribution >= 4 is 44.7 Å². The smallest absolute Gasteiger partial charge is 0.267 e. The molecule has 2 unspecified atom stereocenters. The van der Waals surface area contributed by atoms with Crippen LogP contribution in [0.15, 0.2) is 235 Å². The van der Waals surface area contributed by atoms with Crippen LogP contribution in [0.4, 0.5) is 0 Å². The highest BCUT2D eigenvalue weighted by molar-refractivity contribution is 6.08. The van der Waals surface area contributed by atoms with Crippen molar-refractivity contribution in [2.24, 2.45) is 0 Å². The first kappa shape index (κ1) is 49.9. The standard InChI is InChI=1S/C80H57N5O2/c1-78(2,3)52-34-36-59-57-21-9-14-26-65(57)80(67(59)43-52)66-27-15-10-22-58(66)62-44-72-71(45-68(62)80)81-76-79(4,64-25-13-11-23-60(64)74(86)84(72)76)51-32-29-46(30-33-51)39-47-31-35-55-50(40-47)41-48-17-5-7-19-53(48)54-20-8-6-18-49(54)42-63-56(55)37-38-70-73(63)85-75(87)61-24-12-16-28-69(61)82-77(85)83-70/h5-38,40,43-45H,39,41-42H2,1-4H3,(H,82,83). The molecule has 7 nitrogen and oxygen atoms in total. The van der Waals surface area contributed by atoms with Crippen LogP contribution in [-0.2, 0) is 35.5 Å². The maximum Gasteiger partial charge on any atom is 0.267 e. The fraction of sp³-hybridized carbons (Fsp3) is 0.125. The van der Waals surface area contributed by atoms with Crippen molar-refractivity contribution in [1.29, 1.82) is 0 Å². The molecule has 1 spiro atoms. The summed E-state index contributed by atoms with van der Waals surface area (Å²) in [6.45, 7) is 9.13. The van der Waals surface area contributed by atoms with Crippen molar-refractivity contribution in [1.82, 2.24) is 23.9 Å². The number of para-hydroxylation sites is 1. The van der Waals surface area contributed by atoms with Crippen molar-refractivity contribution in [2.45, 2.75) is 63.2 Å². The SMILES string of the molecule is CC(C)(C)c1ccc2c(c1)C1(c3ccccc3-2)c2ccccc2-c2cc3c(cc21)nc1n3C(=O)c2ccccc2C1(C)c1ccc(Cc2ccc3c(c2)Cc2ccccc2-c2ccccc2Cc2c-3ccc3nc4[nH]c5ccccc5c(=O)n4c23)cc1. The second kappa shape index (κ2) is 17.8. The van der Waals surface area contributed by atoms with Gasteiger partial charge in [-0.25, -0.2) is 14.4 Å². The largest absolute Gasteiger partial charge is 0.324 e. The molecule has 14 aromatic rings. The summed E-state index contributed by atoms with van der Waals surface area (Å²) in [5.74, 6) is 1.19. The highest BCUT2D eigenvalue weighted by Crippen LogP contribution is 2.64. The number of rotatable bonds is 3. The molecule has 3 aliphatic carbocycles. The summed E-state index contributed by atoms with van der Waals surface area (Å²) in [5.41, 5.74) is 28.2. The van der Waals surface area contributed by atoms with Crippen LogP contribution in [0.3, 0.4) is 0 Å². The number of H-pyrrole nitrogens is 1. The Balaban J connectivity index is 0.763. The second-order valence-corrected chi connectivity index (χ2v) is 25.7. The highest BCUT2D eigenvalue weighted by atomic mass is 16.2. The molecule has 0 saturated heterocycles. The number of carbonyl (C=O) groups is 1. The fourth-order valence-corrected chi connectivity index (χ4v) is 15.9. The van der Waals surface area contributed by atoms with Gasteiger partial charge in [0, 0.05) is 12.0 Å². The lowest BCUT2D eigenvalue weighted by Gasteiger charge is -2.36. The number of aromatic amines is 1. The normalized spacial score (nSPS) is 16.9. The minimum Gasteiger partial charge on any atom is -0.324 e. The minimum atomic E-state index is -0.778. The third-order valence-corrected chi connectivity index (χ3v) is 20.1. The van der Waals surface area contributed by atoms with Crippen LogP contribution in [0.1, 0.15) is 116 Å². The van der Waals surface area contributed by atoms with Gasteiger partial charge in [0.25, 0.3) is 11.5 Å². The molecule has 2 atom stereocenters. The van der Waals surface area contributed by atoms with E-state index in [0.717, 1.165) is 73.2 Å². The molecule has 0 amide bonds. The van der Waals surface area contributed by atoms with Gasteiger partial charge < -0.3 is 4.98 Å². The van der Waals surface area contributed by atoms with E-state index in [1.165, 1.54) is 83.5 Å². The molecule has 414 valence electrons.